The van der Waals surface area contributed by atoms with Crippen molar-refractivity contribution in [2.24, 2.45) is 5.14 Å². The summed E-state index contributed by atoms with van der Waals surface area (Å²) in [5, 5.41) is 5.25. The third kappa shape index (κ3) is 3.68. The second-order valence-electron chi connectivity index (χ2n) is 4.88. The van der Waals surface area contributed by atoms with Gasteiger partial charge in [-0.3, -0.25) is 9.29 Å². The Morgan fingerprint density at radius 2 is 1.80 bits per heavy atom. The number of rotatable bonds is 5. The van der Waals surface area contributed by atoms with E-state index in [0.717, 1.165) is 32.7 Å². The number of anilines is 1. The Labute approximate surface area is 119 Å². The molecule has 20 heavy (non-hydrogen) atoms. The molecule has 5 nitrogen and oxygen atoms in total. The van der Waals surface area contributed by atoms with Gasteiger partial charge in [0.2, 0.25) is 10.0 Å². The van der Waals surface area contributed by atoms with Crippen molar-refractivity contribution in [2.45, 2.75) is 11.3 Å². The molecule has 0 aliphatic carbocycles. The van der Waals surface area contributed by atoms with Crippen LogP contribution in [-0.4, -0.2) is 52.7 Å². The lowest BCUT2D eigenvalue weighted by molar-refractivity contribution is 0.245. The van der Waals surface area contributed by atoms with Crippen molar-refractivity contribution in [3.05, 3.63) is 24.3 Å². The molecular formula is C13H20FN3O2S. The molecule has 1 saturated heterocycles. The summed E-state index contributed by atoms with van der Waals surface area (Å²) in [5.74, 6) is 0. The van der Waals surface area contributed by atoms with Crippen LogP contribution >= 0.6 is 0 Å². The Bertz CT molecular complexity index is 542. The molecule has 2 rings (SSSR count). The minimum Gasteiger partial charge on any atom is -0.368 e. The molecule has 2 N–H and O–H groups in total. The number of alkyl halides is 1. The molecule has 1 aromatic rings. The molecule has 1 aliphatic heterocycles. The molecule has 0 bridgehead atoms. The summed E-state index contributed by atoms with van der Waals surface area (Å²) in [6.45, 7) is 3.51. The minimum absolute atomic E-state index is 0.164. The third-order valence-corrected chi connectivity index (χ3v) is 4.45. The average Bonchev–Trinajstić information content (AvgIpc) is 2.45. The lowest BCUT2D eigenvalue weighted by Crippen LogP contribution is -2.47. The second kappa shape index (κ2) is 6.51. The molecular weight excluding hydrogens is 281 g/mol. The quantitative estimate of drug-likeness (QED) is 0.874. The Hall–Kier alpha value is -1.18. The number of benzene rings is 1. The van der Waals surface area contributed by atoms with E-state index in [2.05, 4.69) is 4.90 Å². The first kappa shape index (κ1) is 15.2. The second-order valence-corrected chi connectivity index (χ2v) is 6.41. The zero-order chi connectivity index (χ0) is 14.6. The molecule has 0 radical (unpaired) electrons. The molecule has 1 aromatic carbocycles. The van der Waals surface area contributed by atoms with Gasteiger partial charge in [-0.1, -0.05) is 12.1 Å². The van der Waals surface area contributed by atoms with E-state index in [0.29, 0.717) is 12.1 Å². The van der Waals surface area contributed by atoms with Crippen molar-refractivity contribution in [1.82, 2.24) is 4.90 Å². The predicted molar refractivity (Wildman–Crippen MR) is 77.1 cm³/mol. The fraction of sp³-hybridized carbons (Fsp3) is 0.538. The standard InChI is InChI=1S/C13H20FN3O2S/c14-6-3-7-16-8-10-17(11-9-16)12-4-1-2-5-13(12)20(15,18)19/h1-2,4-5H,3,6-11H2,(H2,15,18,19). The number of nitrogens with zero attached hydrogens (tertiary/aromatic N) is 2. The van der Waals surface area contributed by atoms with Crippen molar-refractivity contribution in [2.75, 3.05) is 44.3 Å². The Balaban J connectivity index is 2.08. The van der Waals surface area contributed by atoms with Crippen LogP contribution in [0.3, 0.4) is 0 Å². The zero-order valence-electron chi connectivity index (χ0n) is 11.3. The molecule has 1 fully saturated rings. The van der Waals surface area contributed by atoms with E-state index >= 15 is 0 Å². The number of nitrogens with two attached hydrogens (primary N) is 1. The van der Waals surface area contributed by atoms with Crippen molar-refractivity contribution >= 4 is 15.7 Å². The number of para-hydroxylation sites is 1. The van der Waals surface area contributed by atoms with Crippen LogP contribution in [-0.2, 0) is 10.0 Å². The summed E-state index contributed by atoms with van der Waals surface area (Å²) >= 11 is 0. The maximum atomic E-state index is 12.2. The Morgan fingerprint density at radius 1 is 1.15 bits per heavy atom. The number of hydrogen-bond acceptors (Lipinski definition) is 4. The monoisotopic (exact) mass is 301 g/mol. The normalized spacial score (nSPS) is 17.4. The van der Waals surface area contributed by atoms with E-state index < -0.39 is 10.0 Å². The first-order valence-electron chi connectivity index (χ1n) is 6.67. The fourth-order valence-electron chi connectivity index (χ4n) is 2.45. The largest absolute Gasteiger partial charge is 0.368 e. The highest BCUT2D eigenvalue weighted by molar-refractivity contribution is 7.89. The lowest BCUT2D eigenvalue weighted by atomic mass is 10.2. The average molecular weight is 301 g/mol. The van der Waals surface area contributed by atoms with Gasteiger partial charge in [-0.05, 0) is 18.6 Å². The number of hydrogen-bond donors (Lipinski definition) is 1. The smallest absolute Gasteiger partial charge is 0.240 e. The van der Waals surface area contributed by atoms with Crippen LogP contribution in [0.15, 0.2) is 29.2 Å². The summed E-state index contributed by atoms with van der Waals surface area (Å²) in [7, 11) is -3.72. The molecule has 0 atom stereocenters. The van der Waals surface area contributed by atoms with Gasteiger partial charge < -0.3 is 4.90 Å². The van der Waals surface area contributed by atoms with Gasteiger partial charge in [0, 0.05) is 32.7 Å². The van der Waals surface area contributed by atoms with Crippen LogP contribution < -0.4 is 10.0 Å². The van der Waals surface area contributed by atoms with Gasteiger partial charge in [-0.15, -0.1) is 0 Å². The molecule has 7 heteroatoms. The maximum Gasteiger partial charge on any atom is 0.240 e. The van der Waals surface area contributed by atoms with Gasteiger partial charge in [0.05, 0.1) is 12.4 Å². The molecule has 1 heterocycles. The first-order valence-corrected chi connectivity index (χ1v) is 8.22. The van der Waals surface area contributed by atoms with Crippen molar-refractivity contribution in [3.63, 3.8) is 0 Å². The van der Waals surface area contributed by atoms with Crippen LogP contribution in [0.5, 0.6) is 0 Å². The molecule has 0 amide bonds. The molecule has 0 aromatic heterocycles. The van der Waals surface area contributed by atoms with Gasteiger partial charge >= 0.3 is 0 Å². The number of piperazine rings is 1. The summed E-state index contributed by atoms with van der Waals surface area (Å²) in [6, 6.07) is 6.78. The highest BCUT2D eigenvalue weighted by atomic mass is 32.2. The highest BCUT2D eigenvalue weighted by Gasteiger charge is 2.22. The summed E-state index contributed by atoms with van der Waals surface area (Å²) in [6.07, 6.45) is 0.549. The summed E-state index contributed by atoms with van der Waals surface area (Å²) in [4.78, 5) is 4.37. The lowest BCUT2D eigenvalue weighted by Gasteiger charge is -2.36. The van der Waals surface area contributed by atoms with Crippen LogP contribution in [0.4, 0.5) is 10.1 Å². The number of primary sulfonamides is 1. The Kier molecular flexibility index (Phi) is 4.95. The molecule has 112 valence electrons. The van der Waals surface area contributed by atoms with Crippen LogP contribution in [0.2, 0.25) is 0 Å². The van der Waals surface area contributed by atoms with E-state index in [1.807, 2.05) is 4.90 Å². The van der Waals surface area contributed by atoms with Gasteiger partial charge in [-0.25, -0.2) is 13.6 Å². The van der Waals surface area contributed by atoms with E-state index in [1.54, 1.807) is 18.2 Å². The molecule has 1 aliphatic rings. The summed E-state index contributed by atoms with van der Waals surface area (Å²) in [5.41, 5.74) is 0.653. The topological polar surface area (TPSA) is 66.6 Å². The van der Waals surface area contributed by atoms with Gasteiger partial charge in [0.1, 0.15) is 4.90 Å². The number of sulfonamides is 1. The van der Waals surface area contributed by atoms with Gasteiger partial charge in [0.15, 0.2) is 0 Å². The van der Waals surface area contributed by atoms with Crippen molar-refractivity contribution in [1.29, 1.82) is 0 Å². The number of halogens is 1. The van der Waals surface area contributed by atoms with Crippen molar-refractivity contribution in [3.8, 4) is 0 Å². The third-order valence-electron chi connectivity index (χ3n) is 3.49. The highest BCUT2D eigenvalue weighted by Crippen LogP contribution is 2.24. The molecule has 0 saturated carbocycles. The van der Waals surface area contributed by atoms with E-state index in [9.17, 15) is 12.8 Å². The van der Waals surface area contributed by atoms with Gasteiger partial charge in [0.25, 0.3) is 0 Å². The first-order chi connectivity index (χ1) is 9.52. The van der Waals surface area contributed by atoms with E-state index in [-0.39, 0.29) is 11.6 Å². The Morgan fingerprint density at radius 3 is 2.40 bits per heavy atom. The van der Waals surface area contributed by atoms with Crippen LogP contribution in [0, 0.1) is 0 Å². The molecule has 0 spiro atoms. The van der Waals surface area contributed by atoms with Gasteiger partial charge in [-0.2, -0.15) is 0 Å². The summed E-state index contributed by atoms with van der Waals surface area (Å²) < 4.78 is 35.4. The van der Waals surface area contributed by atoms with Crippen LogP contribution in [0.1, 0.15) is 6.42 Å². The SMILES string of the molecule is NS(=O)(=O)c1ccccc1N1CCN(CCCF)CC1. The van der Waals surface area contributed by atoms with E-state index in [1.165, 1.54) is 6.07 Å². The van der Waals surface area contributed by atoms with Crippen molar-refractivity contribution < 1.29 is 12.8 Å². The zero-order valence-corrected chi connectivity index (χ0v) is 12.2. The predicted octanol–water partition coefficient (Wildman–Crippen LogP) is 0.816. The minimum atomic E-state index is -3.72. The molecule has 0 unspecified atom stereocenters. The van der Waals surface area contributed by atoms with E-state index in [4.69, 9.17) is 5.14 Å². The maximum absolute atomic E-state index is 12.2. The van der Waals surface area contributed by atoms with Crippen LogP contribution in [0.25, 0.3) is 0 Å². The fourth-order valence-corrected chi connectivity index (χ4v) is 3.21.